The second kappa shape index (κ2) is 9.65. The minimum absolute atomic E-state index is 0.00698. The molecule has 5 nitrogen and oxygen atoms in total. The first-order valence-corrected chi connectivity index (χ1v) is 8.60. The fourth-order valence-electron chi connectivity index (χ4n) is 2.78. The van der Waals surface area contributed by atoms with Gasteiger partial charge in [-0.3, -0.25) is 9.69 Å². The van der Waals surface area contributed by atoms with Crippen molar-refractivity contribution in [2.75, 3.05) is 52.1 Å². The van der Waals surface area contributed by atoms with Crippen LogP contribution in [-0.2, 0) is 11.3 Å². The lowest BCUT2D eigenvalue weighted by atomic mass is 10.1. The van der Waals surface area contributed by atoms with E-state index in [0.29, 0.717) is 6.54 Å². The lowest BCUT2D eigenvalue weighted by molar-refractivity contribution is -0.115. The van der Waals surface area contributed by atoms with Crippen molar-refractivity contribution in [2.45, 2.75) is 25.8 Å². The molecule has 0 atom stereocenters. The summed E-state index contributed by atoms with van der Waals surface area (Å²) in [7, 11) is 4.04. The number of likely N-dealkylation sites (N-methyl/N-ethyl adjacent to an activating group) is 1. The number of nitrogens with zero attached hydrogens (tertiary/aromatic N) is 2. The molecule has 2 N–H and O–H groups in total. The lowest BCUT2D eigenvalue weighted by Crippen LogP contribution is -2.33. The van der Waals surface area contributed by atoms with Gasteiger partial charge in [-0.25, -0.2) is 0 Å². The minimum atomic E-state index is 0.00698. The SMILES string of the molecule is CN(C)CCNCC(=O)Nc1ccc(CN2CCCCC2)cc1. The van der Waals surface area contributed by atoms with Crippen molar-refractivity contribution in [1.29, 1.82) is 0 Å². The summed E-state index contributed by atoms with van der Waals surface area (Å²) in [6.45, 7) is 5.52. The predicted molar refractivity (Wildman–Crippen MR) is 95.6 cm³/mol. The molecule has 1 aromatic carbocycles. The molecule has 0 spiro atoms. The van der Waals surface area contributed by atoms with Gasteiger partial charge >= 0.3 is 0 Å². The highest BCUT2D eigenvalue weighted by Crippen LogP contribution is 2.15. The van der Waals surface area contributed by atoms with Crippen molar-refractivity contribution in [3.8, 4) is 0 Å². The number of amides is 1. The van der Waals surface area contributed by atoms with Crippen LogP contribution in [0, 0.1) is 0 Å². The van der Waals surface area contributed by atoms with Gasteiger partial charge in [-0.2, -0.15) is 0 Å². The number of hydrogen-bond acceptors (Lipinski definition) is 4. The number of carbonyl (C=O) groups is 1. The summed E-state index contributed by atoms with van der Waals surface area (Å²) in [5.74, 6) is 0.00698. The van der Waals surface area contributed by atoms with E-state index in [-0.39, 0.29) is 5.91 Å². The Morgan fingerprint density at radius 1 is 1.13 bits per heavy atom. The molecule has 23 heavy (non-hydrogen) atoms. The Bertz CT molecular complexity index is 466. The first-order chi connectivity index (χ1) is 11.1. The van der Waals surface area contributed by atoms with E-state index in [1.165, 1.54) is 37.9 Å². The molecule has 1 aliphatic rings. The molecular weight excluding hydrogens is 288 g/mol. The van der Waals surface area contributed by atoms with Crippen molar-refractivity contribution >= 4 is 11.6 Å². The quantitative estimate of drug-likeness (QED) is 0.717. The first kappa shape index (κ1) is 17.9. The highest BCUT2D eigenvalue weighted by atomic mass is 16.1. The van der Waals surface area contributed by atoms with Crippen molar-refractivity contribution in [3.63, 3.8) is 0 Å². The number of rotatable bonds is 8. The van der Waals surface area contributed by atoms with Crippen LogP contribution in [0.1, 0.15) is 24.8 Å². The second-order valence-corrected chi connectivity index (χ2v) is 6.56. The smallest absolute Gasteiger partial charge is 0.238 e. The Kier molecular flexibility index (Phi) is 7.52. The van der Waals surface area contributed by atoms with Gasteiger partial charge in [0.2, 0.25) is 5.91 Å². The van der Waals surface area contributed by atoms with Gasteiger partial charge in [0, 0.05) is 25.3 Å². The van der Waals surface area contributed by atoms with E-state index >= 15 is 0 Å². The van der Waals surface area contributed by atoms with E-state index < -0.39 is 0 Å². The van der Waals surface area contributed by atoms with Crippen LogP contribution in [-0.4, -0.2) is 62.5 Å². The standard InChI is InChI=1S/C18H30N4O/c1-21(2)13-10-19-14-18(23)20-17-8-6-16(7-9-17)15-22-11-4-3-5-12-22/h6-9,19H,3-5,10-15H2,1-2H3,(H,20,23). The van der Waals surface area contributed by atoms with Crippen molar-refractivity contribution in [1.82, 2.24) is 15.1 Å². The Morgan fingerprint density at radius 3 is 2.48 bits per heavy atom. The Morgan fingerprint density at radius 2 is 1.83 bits per heavy atom. The molecular formula is C18H30N4O. The predicted octanol–water partition coefficient (Wildman–Crippen LogP) is 1.76. The largest absolute Gasteiger partial charge is 0.325 e. The molecule has 1 aromatic rings. The van der Waals surface area contributed by atoms with Gasteiger partial charge in [0.25, 0.3) is 0 Å². The van der Waals surface area contributed by atoms with Crippen molar-refractivity contribution in [2.24, 2.45) is 0 Å². The molecule has 1 fully saturated rings. The third kappa shape index (κ3) is 7.12. The molecule has 1 saturated heterocycles. The molecule has 0 unspecified atom stereocenters. The topological polar surface area (TPSA) is 47.6 Å². The first-order valence-electron chi connectivity index (χ1n) is 8.60. The maximum Gasteiger partial charge on any atom is 0.238 e. The van der Waals surface area contributed by atoms with Gasteiger partial charge in [-0.1, -0.05) is 18.6 Å². The zero-order valence-corrected chi connectivity index (χ0v) is 14.5. The Hall–Kier alpha value is -1.43. The zero-order valence-electron chi connectivity index (χ0n) is 14.5. The van der Waals surface area contributed by atoms with E-state index in [1.807, 2.05) is 26.2 Å². The molecule has 1 aliphatic heterocycles. The fraction of sp³-hybridized carbons (Fsp3) is 0.611. The number of carbonyl (C=O) groups excluding carboxylic acids is 1. The van der Waals surface area contributed by atoms with E-state index in [4.69, 9.17) is 0 Å². The summed E-state index contributed by atoms with van der Waals surface area (Å²) < 4.78 is 0. The molecule has 0 bridgehead atoms. The van der Waals surface area contributed by atoms with Crippen LogP contribution in [0.25, 0.3) is 0 Å². The number of benzene rings is 1. The Balaban J connectivity index is 1.70. The van der Waals surface area contributed by atoms with Crippen LogP contribution in [0.5, 0.6) is 0 Å². The average molecular weight is 318 g/mol. The number of anilines is 1. The number of piperidine rings is 1. The lowest BCUT2D eigenvalue weighted by Gasteiger charge is -2.26. The average Bonchev–Trinajstić information content (AvgIpc) is 2.54. The summed E-state index contributed by atoms with van der Waals surface area (Å²) >= 11 is 0. The van der Waals surface area contributed by atoms with Crippen molar-refractivity contribution in [3.05, 3.63) is 29.8 Å². The highest BCUT2D eigenvalue weighted by molar-refractivity contribution is 5.92. The fourth-order valence-corrected chi connectivity index (χ4v) is 2.78. The minimum Gasteiger partial charge on any atom is -0.325 e. The molecule has 0 aromatic heterocycles. The highest BCUT2D eigenvalue weighted by Gasteiger charge is 2.10. The maximum atomic E-state index is 11.9. The summed E-state index contributed by atoms with van der Waals surface area (Å²) in [5.41, 5.74) is 2.18. The molecule has 2 rings (SSSR count). The van der Waals surface area contributed by atoms with Crippen LogP contribution >= 0.6 is 0 Å². The molecule has 0 saturated carbocycles. The van der Waals surface area contributed by atoms with E-state index in [9.17, 15) is 4.79 Å². The van der Waals surface area contributed by atoms with Gasteiger partial charge in [-0.05, 0) is 57.7 Å². The summed E-state index contributed by atoms with van der Waals surface area (Å²) in [6, 6.07) is 8.22. The zero-order chi connectivity index (χ0) is 16.5. The molecule has 5 heteroatoms. The molecule has 128 valence electrons. The number of hydrogen-bond donors (Lipinski definition) is 2. The summed E-state index contributed by atoms with van der Waals surface area (Å²) in [6.07, 6.45) is 3.99. The number of likely N-dealkylation sites (tertiary alicyclic amines) is 1. The molecule has 1 heterocycles. The van der Waals surface area contributed by atoms with E-state index in [0.717, 1.165) is 25.3 Å². The third-order valence-corrected chi connectivity index (χ3v) is 4.11. The summed E-state index contributed by atoms with van der Waals surface area (Å²) in [5, 5.41) is 6.07. The molecule has 1 amide bonds. The van der Waals surface area contributed by atoms with Gasteiger partial charge < -0.3 is 15.5 Å². The normalized spacial score (nSPS) is 15.8. The molecule has 0 radical (unpaired) electrons. The monoisotopic (exact) mass is 318 g/mol. The van der Waals surface area contributed by atoms with Crippen molar-refractivity contribution < 1.29 is 4.79 Å². The van der Waals surface area contributed by atoms with Crippen LogP contribution in [0.2, 0.25) is 0 Å². The third-order valence-electron chi connectivity index (χ3n) is 4.11. The maximum absolute atomic E-state index is 11.9. The van der Waals surface area contributed by atoms with E-state index in [1.54, 1.807) is 0 Å². The van der Waals surface area contributed by atoms with Gasteiger partial charge in [0.05, 0.1) is 6.54 Å². The van der Waals surface area contributed by atoms with Crippen LogP contribution in [0.4, 0.5) is 5.69 Å². The van der Waals surface area contributed by atoms with E-state index in [2.05, 4.69) is 32.6 Å². The Labute approximate surface area is 140 Å². The number of nitrogens with one attached hydrogen (secondary N) is 2. The van der Waals surface area contributed by atoms with Gasteiger partial charge in [-0.15, -0.1) is 0 Å². The molecule has 0 aliphatic carbocycles. The van der Waals surface area contributed by atoms with Gasteiger partial charge in [0.15, 0.2) is 0 Å². The second-order valence-electron chi connectivity index (χ2n) is 6.56. The van der Waals surface area contributed by atoms with Crippen LogP contribution < -0.4 is 10.6 Å². The van der Waals surface area contributed by atoms with Crippen LogP contribution in [0.3, 0.4) is 0 Å². The summed E-state index contributed by atoms with van der Waals surface area (Å²) in [4.78, 5) is 16.5. The van der Waals surface area contributed by atoms with Crippen LogP contribution in [0.15, 0.2) is 24.3 Å². The van der Waals surface area contributed by atoms with Gasteiger partial charge in [0.1, 0.15) is 0 Å².